The summed E-state index contributed by atoms with van der Waals surface area (Å²) in [7, 11) is 1.73. The summed E-state index contributed by atoms with van der Waals surface area (Å²) in [6, 6.07) is 0. The summed E-state index contributed by atoms with van der Waals surface area (Å²) in [6.07, 6.45) is 0. The number of rotatable bonds is 5. The van der Waals surface area contributed by atoms with Crippen LogP contribution in [0.15, 0.2) is 0 Å². The zero-order valence-electron chi connectivity index (χ0n) is 9.82. The van der Waals surface area contributed by atoms with Crippen molar-refractivity contribution in [3.63, 3.8) is 0 Å². The lowest BCUT2D eigenvalue weighted by atomic mass is 10.2. The van der Waals surface area contributed by atoms with Crippen LogP contribution in [0, 0.1) is 5.92 Å². The van der Waals surface area contributed by atoms with E-state index >= 15 is 0 Å². The molecule has 0 atom stereocenters. The number of anilines is 2. The Morgan fingerprint density at radius 1 is 1.62 bits per heavy atom. The molecule has 1 amide bonds. The first-order valence-electron chi connectivity index (χ1n) is 5.14. The molecule has 1 rings (SSSR count). The van der Waals surface area contributed by atoms with E-state index in [0.29, 0.717) is 18.4 Å². The first kappa shape index (κ1) is 12.3. The van der Waals surface area contributed by atoms with Crippen LogP contribution in [-0.2, 0) is 4.79 Å². The predicted molar refractivity (Wildman–Crippen MR) is 61.9 cm³/mol. The van der Waals surface area contributed by atoms with Gasteiger partial charge in [0.15, 0.2) is 0 Å². The number of nitrogens with one attached hydrogen (secondary N) is 2. The molecule has 0 aliphatic rings. The Hall–Kier alpha value is -1.79. The molecule has 0 bridgehead atoms. The summed E-state index contributed by atoms with van der Waals surface area (Å²) >= 11 is 0. The molecule has 0 saturated heterocycles. The third kappa shape index (κ3) is 3.76. The lowest BCUT2D eigenvalue weighted by molar-refractivity contribution is -0.119. The van der Waals surface area contributed by atoms with E-state index in [1.165, 1.54) is 0 Å². The normalized spacial score (nSPS) is 10.5. The molecule has 1 aromatic rings. The molecule has 0 aliphatic heterocycles. The molecular weight excluding hydrogens is 208 g/mol. The molecule has 0 saturated carbocycles. The molecule has 90 valence electrons. The number of H-pyrrole nitrogens is 1. The number of carbonyl (C=O) groups excluding carboxylic acids is 1. The van der Waals surface area contributed by atoms with E-state index in [9.17, 15) is 4.79 Å². The number of aromatic amines is 1. The Labute approximate surface area is 94.4 Å². The van der Waals surface area contributed by atoms with Crippen LogP contribution in [0.3, 0.4) is 0 Å². The molecule has 7 nitrogen and oxygen atoms in total. The van der Waals surface area contributed by atoms with E-state index in [2.05, 4.69) is 20.5 Å². The highest BCUT2D eigenvalue weighted by atomic mass is 16.2. The summed E-state index contributed by atoms with van der Waals surface area (Å²) in [4.78, 5) is 17.0. The minimum atomic E-state index is -0.0560. The fraction of sp³-hybridized carbons (Fsp3) is 0.667. The molecule has 1 heterocycles. The van der Waals surface area contributed by atoms with Crippen molar-refractivity contribution >= 4 is 17.8 Å². The fourth-order valence-electron chi connectivity index (χ4n) is 1.10. The second-order valence-corrected chi connectivity index (χ2v) is 4.07. The first-order valence-corrected chi connectivity index (χ1v) is 5.14. The van der Waals surface area contributed by atoms with Gasteiger partial charge in [-0.3, -0.25) is 4.79 Å². The maximum atomic E-state index is 11.5. The molecule has 0 aromatic carbocycles. The number of hydrogen-bond acceptors (Lipinski definition) is 5. The molecule has 7 heteroatoms. The van der Waals surface area contributed by atoms with E-state index < -0.39 is 0 Å². The van der Waals surface area contributed by atoms with E-state index in [4.69, 9.17) is 5.73 Å². The summed E-state index contributed by atoms with van der Waals surface area (Å²) in [5.74, 6) is 1.04. The topological polar surface area (TPSA) is 99.9 Å². The zero-order valence-corrected chi connectivity index (χ0v) is 9.82. The molecule has 0 aliphatic carbocycles. The molecule has 0 unspecified atom stereocenters. The average molecular weight is 226 g/mol. The monoisotopic (exact) mass is 226 g/mol. The van der Waals surface area contributed by atoms with E-state index in [-0.39, 0.29) is 18.4 Å². The predicted octanol–water partition coefficient (Wildman–Crippen LogP) is -0.405. The van der Waals surface area contributed by atoms with Gasteiger partial charge in [-0.05, 0) is 5.92 Å². The van der Waals surface area contributed by atoms with Crippen LogP contribution >= 0.6 is 0 Å². The number of likely N-dealkylation sites (N-methyl/N-ethyl adjacent to an activating group) is 1. The van der Waals surface area contributed by atoms with Gasteiger partial charge in [-0.15, -0.1) is 5.10 Å². The highest BCUT2D eigenvalue weighted by Crippen LogP contribution is 2.04. The maximum Gasteiger partial charge on any atom is 0.246 e. The Bertz CT molecular complexity index is 348. The van der Waals surface area contributed by atoms with Gasteiger partial charge in [0.05, 0.1) is 6.54 Å². The maximum absolute atomic E-state index is 11.5. The van der Waals surface area contributed by atoms with Crippen molar-refractivity contribution in [3.8, 4) is 0 Å². The number of nitrogen functional groups attached to an aromatic ring is 1. The van der Waals surface area contributed by atoms with Crippen LogP contribution in [0.1, 0.15) is 13.8 Å². The smallest absolute Gasteiger partial charge is 0.246 e. The standard InChI is InChI=1S/C9H18N6O/c1-6(2)4-11-7(16)5-15(3)9-12-8(10)13-14-9/h6H,4-5H2,1-3H3,(H,11,16)(H3,10,12,13,14). The van der Waals surface area contributed by atoms with Crippen LogP contribution in [0.5, 0.6) is 0 Å². The van der Waals surface area contributed by atoms with Crippen LogP contribution in [0.2, 0.25) is 0 Å². The number of aromatic nitrogens is 3. The van der Waals surface area contributed by atoms with Crippen molar-refractivity contribution in [2.45, 2.75) is 13.8 Å². The Morgan fingerprint density at radius 3 is 2.81 bits per heavy atom. The van der Waals surface area contributed by atoms with E-state index in [1.54, 1.807) is 11.9 Å². The third-order valence-corrected chi connectivity index (χ3v) is 1.92. The first-order chi connectivity index (χ1) is 7.49. The van der Waals surface area contributed by atoms with Crippen molar-refractivity contribution in [1.29, 1.82) is 0 Å². The lowest BCUT2D eigenvalue weighted by Crippen LogP contribution is -2.37. The minimum Gasteiger partial charge on any atom is -0.368 e. The van der Waals surface area contributed by atoms with Crippen molar-refractivity contribution < 1.29 is 4.79 Å². The van der Waals surface area contributed by atoms with Gasteiger partial charge >= 0.3 is 0 Å². The molecule has 0 spiro atoms. The van der Waals surface area contributed by atoms with E-state index in [0.717, 1.165) is 0 Å². The van der Waals surface area contributed by atoms with Crippen molar-refractivity contribution in [1.82, 2.24) is 20.5 Å². The summed E-state index contributed by atoms with van der Waals surface area (Å²) in [6.45, 7) is 4.97. The van der Waals surface area contributed by atoms with Crippen molar-refractivity contribution in [3.05, 3.63) is 0 Å². The highest BCUT2D eigenvalue weighted by molar-refractivity contribution is 5.80. The van der Waals surface area contributed by atoms with Gasteiger partial charge in [-0.2, -0.15) is 4.98 Å². The number of nitrogens with zero attached hydrogens (tertiary/aromatic N) is 3. The molecular formula is C9H18N6O. The minimum absolute atomic E-state index is 0.0560. The summed E-state index contributed by atoms with van der Waals surface area (Å²) in [5, 5.41) is 9.18. The Kier molecular flexibility index (Phi) is 4.10. The van der Waals surface area contributed by atoms with Gasteiger partial charge in [0, 0.05) is 13.6 Å². The van der Waals surface area contributed by atoms with Crippen molar-refractivity contribution in [2.75, 3.05) is 30.8 Å². The number of nitrogens with two attached hydrogens (primary N) is 1. The van der Waals surface area contributed by atoms with Gasteiger partial charge < -0.3 is 16.0 Å². The SMILES string of the molecule is CC(C)CNC(=O)CN(C)c1n[nH]c(N)n1. The second kappa shape index (κ2) is 5.34. The largest absolute Gasteiger partial charge is 0.368 e. The van der Waals surface area contributed by atoms with Gasteiger partial charge in [0.2, 0.25) is 17.8 Å². The van der Waals surface area contributed by atoms with Crippen LogP contribution in [-0.4, -0.2) is 41.2 Å². The molecule has 1 aromatic heterocycles. The van der Waals surface area contributed by atoms with Crippen molar-refractivity contribution in [2.24, 2.45) is 5.92 Å². The highest BCUT2D eigenvalue weighted by Gasteiger charge is 2.11. The van der Waals surface area contributed by atoms with Crippen LogP contribution < -0.4 is 16.0 Å². The summed E-state index contributed by atoms with van der Waals surface area (Å²) < 4.78 is 0. The molecule has 0 radical (unpaired) electrons. The number of hydrogen-bond donors (Lipinski definition) is 3. The second-order valence-electron chi connectivity index (χ2n) is 4.07. The third-order valence-electron chi connectivity index (χ3n) is 1.92. The Balaban J connectivity index is 2.39. The van der Waals surface area contributed by atoms with Gasteiger partial charge in [-0.25, -0.2) is 5.10 Å². The quantitative estimate of drug-likeness (QED) is 0.634. The Morgan fingerprint density at radius 2 is 2.31 bits per heavy atom. The summed E-state index contributed by atoms with van der Waals surface area (Å²) in [5.41, 5.74) is 5.39. The van der Waals surface area contributed by atoms with E-state index in [1.807, 2.05) is 13.8 Å². The zero-order chi connectivity index (χ0) is 12.1. The fourth-order valence-corrected chi connectivity index (χ4v) is 1.10. The molecule has 16 heavy (non-hydrogen) atoms. The lowest BCUT2D eigenvalue weighted by Gasteiger charge is -2.14. The van der Waals surface area contributed by atoms with Gasteiger partial charge in [0.25, 0.3) is 0 Å². The average Bonchev–Trinajstić information content (AvgIpc) is 2.62. The molecule has 0 fully saturated rings. The van der Waals surface area contributed by atoms with Gasteiger partial charge in [-0.1, -0.05) is 13.8 Å². The number of amides is 1. The molecule has 4 N–H and O–H groups in total. The van der Waals surface area contributed by atoms with Crippen LogP contribution in [0.25, 0.3) is 0 Å². The van der Waals surface area contributed by atoms with Gasteiger partial charge in [0.1, 0.15) is 0 Å². The number of carbonyl (C=O) groups is 1. The van der Waals surface area contributed by atoms with Crippen LogP contribution in [0.4, 0.5) is 11.9 Å².